The van der Waals surface area contributed by atoms with Gasteiger partial charge in [-0.25, -0.2) is 0 Å². The molecule has 0 unspecified atom stereocenters. The van der Waals surface area contributed by atoms with E-state index in [1.54, 1.807) is 24.3 Å². The molecule has 19 heavy (non-hydrogen) atoms. The smallest absolute Gasteiger partial charge is 0.416 e. The summed E-state index contributed by atoms with van der Waals surface area (Å²) in [6, 6.07) is 12.3. The molecule has 0 N–H and O–H groups in total. The van der Waals surface area contributed by atoms with E-state index in [0.29, 0.717) is 11.5 Å². The Kier molecular flexibility index (Phi) is 3.64. The Morgan fingerprint density at radius 1 is 1.00 bits per heavy atom. The van der Waals surface area contributed by atoms with Crippen LogP contribution in [0.3, 0.4) is 0 Å². The molecule has 0 fully saturated rings. The van der Waals surface area contributed by atoms with Gasteiger partial charge in [0.15, 0.2) is 11.5 Å². The summed E-state index contributed by atoms with van der Waals surface area (Å²) >= 11 is 0. The highest BCUT2D eigenvalue weighted by molar-refractivity contribution is 5.42. The highest BCUT2D eigenvalue weighted by atomic mass is 19.4. The predicted molar refractivity (Wildman–Crippen MR) is 63.3 cm³/mol. The van der Waals surface area contributed by atoms with E-state index in [1.165, 1.54) is 13.2 Å². The van der Waals surface area contributed by atoms with E-state index in [-0.39, 0.29) is 5.75 Å². The van der Waals surface area contributed by atoms with E-state index < -0.39 is 11.7 Å². The summed E-state index contributed by atoms with van der Waals surface area (Å²) in [5, 5.41) is 0. The second kappa shape index (κ2) is 5.22. The number of hydrogen-bond donors (Lipinski definition) is 0. The molecule has 0 aliphatic rings. The molecule has 0 bridgehead atoms. The number of ether oxygens (including phenoxy) is 2. The van der Waals surface area contributed by atoms with E-state index >= 15 is 0 Å². The first kappa shape index (κ1) is 13.3. The van der Waals surface area contributed by atoms with Crippen molar-refractivity contribution in [2.45, 2.75) is 6.18 Å². The van der Waals surface area contributed by atoms with Crippen molar-refractivity contribution in [1.82, 2.24) is 0 Å². The van der Waals surface area contributed by atoms with Gasteiger partial charge in [0.2, 0.25) is 0 Å². The fourth-order valence-electron chi connectivity index (χ4n) is 1.47. The number of benzene rings is 2. The maximum absolute atomic E-state index is 12.4. The van der Waals surface area contributed by atoms with Crippen LogP contribution in [0.2, 0.25) is 0 Å². The molecule has 5 heteroatoms. The molecule has 0 aliphatic heterocycles. The van der Waals surface area contributed by atoms with Crippen LogP contribution < -0.4 is 9.47 Å². The molecule has 2 aromatic carbocycles. The average Bonchev–Trinajstić information content (AvgIpc) is 2.39. The van der Waals surface area contributed by atoms with Crippen molar-refractivity contribution in [3.63, 3.8) is 0 Å². The Bertz CT molecular complexity index is 547. The summed E-state index contributed by atoms with van der Waals surface area (Å²) in [7, 11) is 1.48. The molecule has 0 saturated carbocycles. The lowest BCUT2D eigenvalue weighted by Gasteiger charge is -2.10. The highest BCUT2D eigenvalue weighted by Gasteiger charge is 2.30. The molecule has 0 aromatic heterocycles. The van der Waals surface area contributed by atoms with Gasteiger partial charge in [-0.1, -0.05) is 12.1 Å². The third-order valence-corrected chi connectivity index (χ3v) is 2.40. The molecular formula is C14H10F3O2. The number of halogens is 3. The number of alkyl halides is 3. The topological polar surface area (TPSA) is 18.5 Å². The fraction of sp³-hybridized carbons (Fsp3) is 0.143. The summed E-state index contributed by atoms with van der Waals surface area (Å²) in [6.45, 7) is 0. The van der Waals surface area contributed by atoms with Gasteiger partial charge >= 0.3 is 6.18 Å². The zero-order chi connectivity index (χ0) is 13.9. The SMILES string of the molecule is COc1ccccc1Oc1[c]cc(C(F)(F)F)cc1. The van der Waals surface area contributed by atoms with Crippen LogP contribution in [0, 0.1) is 6.07 Å². The van der Waals surface area contributed by atoms with Gasteiger partial charge in [0.05, 0.1) is 12.7 Å². The first-order valence-corrected chi connectivity index (χ1v) is 5.40. The lowest BCUT2D eigenvalue weighted by molar-refractivity contribution is -0.137. The van der Waals surface area contributed by atoms with E-state index in [2.05, 4.69) is 6.07 Å². The largest absolute Gasteiger partial charge is 0.493 e. The van der Waals surface area contributed by atoms with Gasteiger partial charge in [0.25, 0.3) is 0 Å². The van der Waals surface area contributed by atoms with Crippen LogP contribution in [0.4, 0.5) is 13.2 Å². The Hall–Kier alpha value is -2.17. The van der Waals surface area contributed by atoms with E-state index in [9.17, 15) is 13.2 Å². The summed E-state index contributed by atoms with van der Waals surface area (Å²) in [4.78, 5) is 0. The van der Waals surface area contributed by atoms with Crippen LogP contribution in [0.1, 0.15) is 5.56 Å². The van der Waals surface area contributed by atoms with Crippen LogP contribution in [0.5, 0.6) is 17.2 Å². The molecule has 99 valence electrons. The van der Waals surface area contributed by atoms with Gasteiger partial charge in [-0.3, -0.25) is 0 Å². The minimum Gasteiger partial charge on any atom is -0.493 e. The predicted octanol–water partition coefficient (Wildman–Crippen LogP) is 4.31. The summed E-state index contributed by atoms with van der Waals surface area (Å²) < 4.78 is 47.6. The lowest BCUT2D eigenvalue weighted by Crippen LogP contribution is -2.04. The zero-order valence-corrected chi connectivity index (χ0v) is 9.99. The number of rotatable bonds is 3. The molecule has 2 nitrogen and oxygen atoms in total. The molecular weight excluding hydrogens is 257 g/mol. The molecule has 0 spiro atoms. The second-order valence-electron chi connectivity index (χ2n) is 3.69. The van der Waals surface area contributed by atoms with E-state index in [1.807, 2.05) is 0 Å². The lowest BCUT2D eigenvalue weighted by atomic mass is 10.2. The van der Waals surface area contributed by atoms with Crippen LogP contribution >= 0.6 is 0 Å². The van der Waals surface area contributed by atoms with Gasteiger partial charge in [0.1, 0.15) is 5.75 Å². The van der Waals surface area contributed by atoms with Crippen molar-refractivity contribution < 1.29 is 22.6 Å². The Morgan fingerprint density at radius 3 is 2.21 bits per heavy atom. The quantitative estimate of drug-likeness (QED) is 0.825. The van der Waals surface area contributed by atoms with Crippen molar-refractivity contribution in [3.05, 3.63) is 54.1 Å². The Labute approximate surface area is 108 Å². The van der Waals surface area contributed by atoms with Gasteiger partial charge in [0, 0.05) is 6.07 Å². The molecule has 0 saturated heterocycles. The van der Waals surface area contributed by atoms with Gasteiger partial charge < -0.3 is 9.47 Å². The van der Waals surface area contributed by atoms with Crippen LogP contribution in [-0.2, 0) is 6.18 Å². The minimum atomic E-state index is -4.38. The van der Waals surface area contributed by atoms with Crippen molar-refractivity contribution in [1.29, 1.82) is 0 Å². The maximum Gasteiger partial charge on any atom is 0.416 e. The summed E-state index contributed by atoms with van der Waals surface area (Å²) in [6.07, 6.45) is -4.38. The molecule has 2 rings (SSSR count). The van der Waals surface area contributed by atoms with Gasteiger partial charge in [-0.05, 0) is 30.3 Å². The van der Waals surface area contributed by atoms with Crippen molar-refractivity contribution in [2.75, 3.05) is 7.11 Å². The molecule has 0 amide bonds. The van der Waals surface area contributed by atoms with Gasteiger partial charge in [-0.15, -0.1) is 0 Å². The summed E-state index contributed by atoms with van der Waals surface area (Å²) in [5.74, 6) is 1.11. The average molecular weight is 267 g/mol. The third-order valence-electron chi connectivity index (χ3n) is 2.40. The first-order chi connectivity index (χ1) is 9.00. The molecule has 1 radical (unpaired) electrons. The second-order valence-corrected chi connectivity index (χ2v) is 3.69. The Morgan fingerprint density at radius 2 is 1.68 bits per heavy atom. The molecule has 0 aliphatic carbocycles. The van der Waals surface area contributed by atoms with Crippen molar-refractivity contribution in [2.24, 2.45) is 0 Å². The number of hydrogen-bond acceptors (Lipinski definition) is 2. The Balaban J connectivity index is 2.20. The van der Waals surface area contributed by atoms with Gasteiger partial charge in [-0.2, -0.15) is 13.2 Å². The minimum absolute atomic E-state index is 0.192. The molecule has 0 atom stereocenters. The first-order valence-electron chi connectivity index (χ1n) is 5.40. The van der Waals surface area contributed by atoms with Crippen molar-refractivity contribution in [3.8, 4) is 17.2 Å². The third kappa shape index (κ3) is 3.19. The highest BCUT2D eigenvalue weighted by Crippen LogP contribution is 2.33. The van der Waals surface area contributed by atoms with Crippen LogP contribution in [0.15, 0.2) is 42.5 Å². The standard InChI is InChI=1S/C14H10F3O2/c1-18-12-4-2-3-5-13(12)19-11-8-6-10(7-9-11)14(15,16)17/h2-8H,1H3. The summed E-state index contributed by atoms with van der Waals surface area (Å²) in [5.41, 5.74) is -0.764. The number of methoxy groups -OCH3 is 1. The number of para-hydroxylation sites is 2. The zero-order valence-electron chi connectivity index (χ0n) is 9.99. The van der Waals surface area contributed by atoms with Crippen LogP contribution in [-0.4, -0.2) is 7.11 Å². The normalized spacial score (nSPS) is 11.2. The van der Waals surface area contributed by atoms with Crippen LogP contribution in [0.25, 0.3) is 0 Å². The van der Waals surface area contributed by atoms with E-state index in [4.69, 9.17) is 9.47 Å². The van der Waals surface area contributed by atoms with Crippen molar-refractivity contribution >= 4 is 0 Å². The molecule has 0 heterocycles. The maximum atomic E-state index is 12.4. The molecule has 2 aromatic rings. The monoisotopic (exact) mass is 267 g/mol. The van der Waals surface area contributed by atoms with E-state index in [0.717, 1.165) is 12.1 Å². The fourth-order valence-corrected chi connectivity index (χ4v) is 1.47.